The minimum Gasteiger partial charge on any atom is -0.467 e. The first-order chi connectivity index (χ1) is 7.74. The summed E-state index contributed by atoms with van der Waals surface area (Å²) in [5.74, 6) is 0.867. The van der Waals surface area contributed by atoms with Crippen LogP contribution in [-0.4, -0.2) is 41.1 Å². The monoisotopic (exact) mass is 243 g/mol. The molecule has 2 atom stereocenters. The number of esters is 1. The van der Waals surface area contributed by atoms with Gasteiger partial charge in [-0.15, -0.1) is 11.8 Å². The van der Waals surface area contributed by atoms with Gasteiger partial charge in [-0.3, -0.25) is 4.79 Å². The van der Waals surface area contributed by atoms with Crippen LogP contribution in [0.1, 0.15) is 32.1 Å². The van der Waals surface area contributed by atoms with Gasteiger partial charge in [0.15, 0.2) is 0 Å². The summed E-state index contributed by atoms with van der Waals surface area (Å²) in [5.41, 5.74) is 0. The summed E-state index contributed by atoms with van der Waals surface area (Å²) in [4.78, 5) is 25.4. The van der Waals surface area contributed by atoms with Gasteiger partial charge in [0, 0.05) is 6.42 Å². The molecule has 0 aliphatic carbocycles. The molecule has 0 aromatic heterocycles. The van der Waals surface area contributed by atoms with E-state index in [2.05, 4.69) is 0 Å². The van der Waals surface area contributed by atoms with E-state index < -0.39 is 0 Å². The van der Waals surface area contributed by atoms with Crippen molar-refractivity contribution in [1.29, 1.82) is 0 Å². The van der Waals surface area contributed by atoms with Crippen molar-refractivity contribution in [2.75, 3.05) is 12.9 Å². The van der Waals surface area contributed by atoms with Gasteiger partial charge >= 0.3 is 5.97 Å². The lowest BCUT2D eigenvalue weighted by molar-refractivity contribution is -0.155. The van der Waals surface area contributed by atoms with Gasteiger partial charge < -0.3 is 9.64 Å². The third-order valence-electron chi connectivity index (χ3n) is 3.18. The van der Waals surface area contributed by atoms with E-state index in [1.54, 1.807) is 16.7 Å². The summed E-state index contributed by atoms with van der Waals surface area (Å²) in [6.45, 7) is 0. The van der Waals surface area contributed by atoms with Crippen molar-refractivity contribution in [3.8, 4) is 0 Å². The zero-order valence-electron chi connectivity index (χ0n) is 9.48. The minimum atomic E-state index is -0.346. The molecule has 2 aliphatic heterocycles. The summed E-state index contributed by atoms with van der Waals surface area (Å²) >= 11 is 1.80. The molecule has 0 radical (unpaired) electrons. The van der Waals surface area contributed by atoms with Crippen LogP contribution in [0.5, 0.6) is 0 Å². The SMILES string of the molecule is COC(=O)[C@@H]1CCC[C@@H]2SCCCC(=O)N21. The number of hydrogen-bond acceptors (Lipinski definition) is 4. The molecule has 2 rings (SSSR count). The lowest BCUT2D eigenvalue weighted by Gasteiger charge is -2.39. The van der Waals surface area contributed by atoms with Crippen molar-refractivity contribution in [2.24, 2.45) is 0 Å². The van der Waals surface area contributed by atoms with Crippen molar-refractivity contribution in [1.82, 2.24) is 4.90 Å². The van der Waals surface area contributed by atoms with Gasteiger partial charge in [-0.2, -0.15) is 0 Å². The van der Waals surface area contributed by atoms with Crippen LogP contribution in [-0.2, 0) is 14.3 Å². The van der Waals surface area contributed by atoms with Gasteiger partial charge in [0.05, 0.1) is 12.5 Å². The number of rotatable bonds is 1. The highest BCUT2D eigenvalue weighted by Crippen LogP contribution is 2.34. The Labute approximate surface area is 99.7 Å². The number of piperidine rings is 1. The quantitative estimate of drug-likeness (QED) is 0.653. The highest BCUT2D eigenvalue weighted by molar-refractivity contribution is 7.99. The zero-order chi connectivity index (χ0) is 11.5. The Morgan fingerprint density at radius 1 is 1.44 bits per heavy atom. The van der Waals surface area contributed by atoms with Crippen molar-refractivity contribution in [2.45, 2.75) is 43.5 Å². The van der Waals surface area contributed by atoms with E-state index in [0.29, 0.717) is 6.42 Å². The van der Waals surface area contributed by atoms with Crippen molar-refractivity contribution in [3.63, 3.8) is 0 Å². The van der Waals surface area contributed by atoms with E-state index in [0.717, 1.165) is 31.4 Å². The average molecular weight is 243 g/mol. The number of fused-ring (bicyclic) bond motifs is 1. The van der Waals surface area contributed by atoms with E-state index in [1.807, 2.05) is 0 Å². The lowest BCUT2D eigenvalue weighted by atomic mass is 10.0. The smallest absolute Gasteiger partial charge is 0.328 e. The third kappa shape index (κ3) is 2.19. The van der Waals surface area contributed by atoms with Crippen LogP contribution >= 0.6 is 11.8 Å². The predicted molar refractivity (Wildman–Crippen MR) is 62.0 cm³/mol. The highest BCUT2D eigenvalue weighted by atomic mass is 32.2. The van der Waals surface area contributed by atoms with Crippen molar-refractivity contribution >= 4 is 23.6 Å². The number of hydrogen-bond donors (Lipinski definition) is 0. The second-order valence-corrected chi connectivity index (χ2v) is 5.49. The molecular weight excluding hydrogens is 226 g/mol. The summed E-state index contributed by atoms with van der Waals surface area (Å²) in [7, 11) is 1.39. The molecule has 0 aromatic carbocycles. The summed E-state index contributed by atoms with van der Waals surface area (Å²) in [6, 6.07) is -0.346. The molecule has 2 fully saturated rings. The van der Waals surface area contributed by atoms with Crippen molar-refractivity contribution in [3.05, 3.63) is 0 Å². The maximum Gasteiger partial charge on any atom is 0.328 e. The normalized spacial score (nSPS) is 30.6. The molecule has 2 heterocycles. The Bertz CT molecular complexity index is 295. The fraction of sp³-hybridized carbons (Fsp3) is 0.818. The average Bonchev–Trinajstić information content (AvgIpc) is 2.50. The third-order valence-corrected chi connectivity index (χ3v) is 4.55. The second-order valence-electron chi connectivity index (χ2n) is 4.20. The van der Waals surface area contributed by atoms with E-state index in [9.17, 15) is 9.59 Å². The molecule has 0 unspecified atom stereocenters. The molecule has 0 spiro atoms. The van der Waals surface area contributed by atoms with Gasteiger partial charge in [-0.25, -0.2) is 4.79 Å². The maximum atomic E-state index is 12.0. The van der Waals surface area contributed by atoms with Crippen LogP contribution < -0.4 is 0 Å². The van der Waals surface area contributed by atoms with Crippen LogP contribution in [0.15, 0.2) is 0 Å². The summed E-state index contributed by atoms with van der Waals surface area (Å²) in [6.07, 6.45) is 4.24. The Morgan fingerprint density at radius 2 is 2.25 bits per heavy atom. The number of thioether (sulfide) groups is 1. The number of ether oxygens (including phenoxy) is 1. The fourth-order valence-electron chi connectivity index (χ4n) is 2.40. The fourth-order valence-corrected chi connectivity index (χ4v) is 3.74. The predicted octanol–water partition coefficient (Wildman–Crippen LogP) is 1.39. The molecule has 0 saturated carbocycles. The molecule has 4 nitrogen and oxygen atoms in total. The Hall–Kier alpha value is -0.710. The first-order valence-electron chi connectivity index (χ1n) is 5.74. The topological polar surface area (TPSA) is 46.6 Å². The molecule has 16 heavy (non-hydrogen) atoms. The molecule has 0 bridgehead atoms. The minimum absolute atomic E-state index is 0.116. The van der Waals surface area contributed by atoms with Gasteiger partial charge in [0.2, 0.25) is 5.91 Å². The molecule has 5 heteroatoms. The van der Waals surface area contributed by atoms with Crippen LogP contribution in [0.4, 0.5) is 0 Å². The molecular formula is C11H17NO3S. The first-order valence-corrected chi connectivity index (χ1v) is 6.79. The Kier molecular flexibility index (Phi) is 3.74. The first kappa shape index (κ1) is 11.8. The largest absolute Gasteiger partial charge is 0.467 e. The standard InChI is InChI=1S/C11H17NO3S/c1-15-11(14)8-4-2-6-10-12(8)9(13)5-3-7-16-10/h8,10H,2-7H2,1H3/t8-,10-/m0/s1. The number of carbonyl (C=O) groups excluding carboxylic acids is 2. The van der Waals surface area contributed by atoms with E-state index in [1.165, 1.54) is 7.11 Å². The number of methoxy groups -OCH3 is 1. The van der Waals surface area contributed by atoms with Gasteiger partial charge in [0.25, 0.3) is 0 Å². The van der Waals surface area contributed by atoms with Crippen LogP contribution in [0.3, 0.4) is 0 Å². The maximum absolute atomic E-state index is 12.0. The molecule has 0 N–H and O–H groups in total. The van der Waals surface area contributed by atoms with E-state index in [-0.39, 0.29) is 23.3 Å². The molecule has 1 amide bonds. The molecule has 0 aromatic rings. The van der Waals surface area contributed by atoms with Crippen LogP contribution in [0.25, 0.3) is 0 Å². The molecule has 2 aliphatic rings. The van der Waals surface area contributed by atoms with Crippen LogP contribution in [0.2, 0.25) is 0 Å². The summed E-state index contributed by atoms with van der Waals surface area (Å²) < 4.78 is 4.79. The second kappa shape index (κ2) is 5.08. The van der Waals surface area contributed by atoms with Gasteiger partial charge in [-0.1, -0.05) is 0 Å². The van der Waals surface area contributed by atoms with Crippen molar-refractivity contribution < 1.29 is 14.3 Å². The number of nitrogens with zero attached hydrogens (tertiary/aromatic N) is 1. The summed E-state index contributed by atoms with van der Waals surface area (Å²) in [5, 5.41) is 0.188. The number of amides is 1. The lowest BCUT2D eigenvalue weighted by Crippen LogP contribution is -2.51. The number of carbonyl (C=O) groups is 2. The molecule has 2 saturated heterocycles. The van der Waals surface area contributed by atoms with Gasteiger partial charge in [0.1, 0.15) is 6.04 Å². The van der Waals surface area contributed by atoms with Gasteiger partial charge in [-0.05, 0) is 31.4 Å². The zero-order valence-corrected chi connectivity index (χ0v) is 10.3. The Balaban J connectivity index is 2.18. The Morgan fingerprint density at radius 3 is 3.00 bits per heavy atom. The van der Waals surface area contributed by atoms with E-state index in [4.69, 9.17) is 4.74 Å². The van der Waals surface area contributed by atoms with E-state index >= 15 is 0 Å². The highest BCUT2D eigenvalue weighted by Gasteiger charge is 2.39. The van der Waals surface area contributed by atoms with Crippen LogP contribution in [0, 0.1) is 0 Å². The molecule has 90 valence electrons.